The van der Waals surface area contributed by atoms with E-state index in [1.54, 1.807) is 29.2 Å². The third kappa shape index (κ3) is 2.50. The lowest BCUT2D eigenvalue weighted by Crippen LogP contribution is -2.03. The summed E-state index contributed by atoms with van der Waals surface area (Å²) in [4.78, 5) is 13.3. The quantitative estimate of drug-likeness (QED) is 0.617. The Kier molecular flexibility index (Phi) is 3.27. The smallest absolute Gasteiger partial charge is 0.251 e. The summed E-state index contributed by atoms with van der Waals surface area (Å²) < 4.78 is 6.42. The summed E-state index contributed by atoms with van der Waals surface area (Å²) in [5.41, 5.74) is 9.92. The fourth-order valence-corrected chi connectivity index (χ4v) is 2.24. The molecule has 0 amide bonds. The van der Waals surface area contributed by atoms with E-state index in [1.807, 2.05) is 25.1 Å². The zero-order valence-corrected chi connectivity index (χ0v) is 12.8. The van der Waals surface area contributed by atoms with Crippen LogP contribution in [0.3, 0.4) is 0 Å². The highest BCUT2D eigenvalue weighted by Gasteiger charge is 2.10. The summed E-state index contributed by atoms with van der Waals surface area (Å²) >= 11 is 0. The Morgan fingerprint density at radius 1 is 1.00 bits per heavy atom. The molecule has 0 radical (unpaired) electrons. The number of nitrogens with two attached hydrogens (primary N) is 1. The average Bonchev–Trinajstić information content (AvgIpc) is 3.26. The second-order valence-electron chi connectivity index (χ2n) is 5.15. The van der Waals surface area contributed by atoms with Crippen molar-refractivity contribution in [3.8, 4) is 28.7 Å². The minimum absolute atomic E-state index is 0.431. The van der Waals surface area contributed by atoms with E-state index in [4.69, 9.17) is 10.3 Å². The highest BCUT2D eigenvalue weighted by Crippen LogP contribution is 2.20. The lowest BCUT2D eigenvalue weighted by atomic mass is 10.2. The van der Waals surface area contributed by atoms with Crippen molar-refractivity contribution in [1.82, 2.24) is 29.9 Å². The molecule has 4 rings (SSSR count). The van der Waals surface area contributed by atoms with Gasteiger partial charge in [-0.25, -0.2) is 19.6 Å². The van der Waals surface area contributed by atoms with E-state index < -0.39 is 0 Å². The summed E-state index contributed by atoms with van der Waals surface area (Å²) in [5.74, 6) is 0.431. The molecule has 0 saturated heterocycles. The first kappa shape index (κ1) is 14.1. The molecule has 0 aromatic carbocycles. The number of nitrogen functional groups attached to an aromatic ring is 1. The van der Waals surface area contributed by atoms with Gasteiger partial charge in [-0.2, -0.15) is 5.10 Å². The first-order chi connectivity index (χ1) is 11.7. The molecule has 8 nitrogen and oxygen atoms in total. The Bertz CT molecular complexity index is 972. The lowest BCUT2D eigenvalue weighted by Gasteiger charge is -2.04. The molecule has 0 fully saturated rings. The van der Waals surface area contributed by atoms with E-state index in [0.29, 0.717) is 34.4 Å². The van der Waals surface area contributed by atoms with Crippen LogP contribution in [0.15, 0.2) is 53.5 Å². The molecule has 0 unspecified atom stereocenters. The fraction of sp³-hybridized carbons (Fsp3) is 0.0625. The highest BCUT2D eigenvalue weighted by molar-refractivity contribution is 5.61. The van der Waals surface area contributed by atoms with E-state index in [1.165, 1.54) is 6.26 Å². The average molecular weight is 319 g/mol. The molecule has 4 heterocycles. The van der Waals surface area contributed by atoms with Gasteiger partial charge >= 0.3 is 0 Å². The molecule has 4 aromatic heterocycles. The topological polar surface area (TPSA) is 109 Å². The first-order valence-electron chi connectivity index (χ1n) is 7.24. The second-order valence-corrected chi connectivity index (χ2v) is 5.15. The Morgan fingerprint density at radius 3 is 2.50 bits per heavy atom. The number of aromatic nitrogens is 6. The minimum Gasteiger partial charge on any atom is -0.396 e. The molecule has 0 atom stereocenters. The van der Waals surface area contributed by atoms with Crippen LogP contribution in [-0.4, -0.2) is 29.9 Å². The number of hydrogen-bond acceptors (Lipinski definition) is 7. The molecule has 2 N–H and O–H groups in total. The highest BCUT2D eigenvalue weighted by atomic mass is 16.5. The van der Waals surface area contributed by atoms with Crippen molar-refractivity contribution in [2.24, 2.45) is 0 Å². The maximum absolute atomic E-state index is 5.83. The van der Waals surface area contributed by atoms with Crippen LogP contribution < -0.4 is 5.73 Å². The maximum Gasteiger partial charge on any atom is 0.251 e. The van der Waals surface area contributed by atoms with Gasteiger partial charge < -0.3 is 10.3 Å². The van der Waals surface area contributed by atoms with Crippen molar-refractivity contribution in [2.75, 3.05) is 5.73 Å². The van der Waals surface area contributed by atoms with Gasteiger partial charge in [0.15, 0.2) is 0 Å². The summed E-state index contributed by atoms with van der Waals surface area (Å²) in [6.45, 7) is 1.83. The van der Waals surface area contributed by atoms with Gasteiger partial charge in [0, 0.05) is 12.3 Å². The van der Waals surface area contributed by atoms with Crippen LogP contribution in [0.2, 0.25) is 0 Å². The van der Waals surface area contributed by atoms with Gasteiger partial charge in [-0.3, -0.25) is 0 Å². The summed E-state index contributed by atoms with van der Waals surface area (Å²) in [7, 11) is 0. The van der Waals surface area contributed by atoms with E-state index in [2.05, 4.69) is 25.2 Å². The zero-order valence-electron chi connectivity index (χ0n) is 12.8. The van der Waals surface area contributed by atoms with Gasteiger partial charge in [0.2, 0.25) is 0 Å². The van der Waals surface area contributed by atoms with Crippen molar-refractivity contribution in [3.05, 3.63) is 54.7 Å². The number of aryl methyl sites for hydroxylation is 1. The Morgan fingerprint density at radius 2 is 1.79 bits per heavy atom. The Balaban J connectivity index is 1.75. The molecule has 0 aliphatic carbocycles. The van der Waals surface area contributed by atoms with E-state index in [0.717, 1.165) is 5.69 Å². The van der Waals surface area contributed by atoms with Gasteiger partial charge in [0.25, 0.3) is 5.95 Å². The molecule has 0 spiro atoms. The molecule has 0 aliphatic heterocycles. The number of nitrogens with zero attached hydrogens (tertiary/aromatic N) is 6. The third-order valence-electron chi connectivity index (χ3n) is 3.50. The summed E-state index contributed by atoms with van der Waals surface area (Å²) in [6, 6.07) is 9.18. The molecule has 24 heavy (non-hydrogen) atoms. The largest absolute Gasteiger partial charge is 0.396 e. The monoisotopic (exact) mass is 319 g/mol. The fourth-order valence-electron chi connectivity index (χ4n) is 2.24. The third-order valence-corrected chi connectivity index (χ3v) is 3.50. The number of hydrogen-bond donors (Lipinski definition) is 1. The summed E-state index contributed by atoms with van der Waals surface area (Å²) in [6.07, 6.45) is 4.86. The minimum atomic E-state index is 0.431. The van der Waals surface area contributed by atoms with Crippen LogP contribution in [0, 0.1) is 6.92 Å². The van der Waals surface area contributed by atoms with E-state index in [9.17, 15) is 0 Å². The maximum atomic E-state index is 5.83. The molecule has 0 aliphatic rings. The van der Waals surface area contributed by atoms with Crippen LogP contribution in [0.5, 0.6) is 0 Å². The van der Waals surface area contributed by atoms with Crippen LogP contribution in [0.1, 0.15) is 5.69 Å². The zero-order chi connectivity index (χ0) is 16.5. The number of rotatable bonds is 3. The van der Waals surface area contributed by atoms with Crippen molar-refractivity contribution < 1.29 is 4.52 Å². The van der Waals surface area contributed by atoms with Crippen molar-refractivity contribution in [3.63, 3.8) is 0 Å². The molecular formula is C16H13N7O. The van der Waals surface area contributed by atoms with E-state index >= 15 is 0 Å². The normalized spacial score (nSPS) is 10.9. The van der Waals surface area contributed by atoms with Crippen LogP contribution >= 0.6 is 0 Å². The number of anilines is 1. The summed E-state index contributed by atoms with van der Waals surface area (Å²) in [5, 5.41) is 8.20. The molecule has 118 valence electrons. The van der Waals surface area contributed by atoms with Gasteiger partial charge in [-0.15, -0.1) is 0 Å². The van der Waals surface area contributed by atoms with Gasteiger partial charge in [-0.05, 0) is 25.1 Å². The second kappa shape index (κ2) is 5.58. The SMILES string of the molecule is Cc1nn(-c2nccc(-c3cccc(-c4ccon4)n3)n2)cc1N. The molecule has 4 aromatic rings. The standard InChI is InChI=1S/C16H13N7O/c1-10-11(17)9-23(21-10)16-18-7-5-14(20-16)12-3-2-4-13(19-12)15-6-8-24-22-15/h2-9H,17H2,1H3. The van der Waals surface area contributed by atoms with Gasteiger partial charge in [0.1, 0.15) is 12.0 Å². The first-order valence-corrected chi connectivity index (χ1v) is 7.24. The van der Waals surface area contributed by atoms with Crippen molar-refractivity contribution >= 4 is 5.69 Å². The molecule has 0 saturated carbocycles. The Labute approximate surface area is 137 Å². The predicted octanol–water partition coefficient (Wildman–Crippen LogP) is 2.27. The Hall–Kier alpha value is -3.55. The predicted molar refractivity (Wildman–Crippen MR) is 87.0 cm³/mol. The van der Waals surface area contributed by atoms with Crippen LogP contribution in [0.4, 0.5) is 5.69 Å². The van der Waals surface area contributed by atoms with Crippen LogP contribution in [-0.2, 0) is 0 Å². The van der Waals surface area contributed by atoms with Crippen molar-refractivity contribution in [1.29, 1.82) is 0 Å². The van der Waals surface area contributed by atoms with E-state index in [-0.39, 0.29) is 0 Å². The van der Waals surface area contributed by atoms with Gasteiger partial charge in [-0.1, -0.05) is 11.2 Å². The molecular weight excluding hydrogens is 306 g/mol. The number of pyridine rings is 1. The van der Waals surface area contributed by atoms with Crippen molar-refractivity contribution in [2.45, 2.75) is 6.92 Å². The lowest BCUT2D eigenvalue weighted by molar-refractivity contribution is 0.422. The molecule has 8 heteroatoms. The molecule has 0 bridgehead atoms. The van der Waals surface area contributed by atoms with Gasteiger partial charge in [0.05, 0.1) is 34.7 Å². The van der Waals surface area contributed by atoms with Crippen LogP contribution in [0.25, 0.3) is 28.7 Å².